The van der Waals surface area contributed by atoms with Gasteiger partial charge in [0.1, 0.15) is 0 Å². The largest absolute Gasteiger partial charge is 0.294 e. The van der Waals surface area contributed by atoms with Crippen LogP contribution in [0.15, 0.2) is 12.2 Å². The van der Waals surface area contributed by atoms with Gasteiger partial charge in [-0.25, -0.2) is 0 Å². The smallest absolute Gasteiger partial charge is 0.163 e. The van der Waals surface area contributed by atoms with E-state index in [1.165, 1.54) is 19.3 Å². The number of ketones is 1. The molecule has 0 saturated heterocycles. The van der Waals surface area contributed by atoms with Gasteiger partial charge < -0.3 is 0 Å². The van der Waals surface area contributed by atoms with E-state index in [9.17, 15) is 4.79 Å². The number of hydrogen-bond acceptors (Lipinski definition) is 1. The van der Waals surface area contributed by atoms with Crippen LogP contribution in [0.4, 0.5) is 0 Å². The van der Waals surface area contributed by atoms with Crippen molar-refractivity contribution in [2.45, 2.75) is 40.0 Å². The third-order valence-corrected chi connectivity index (χ3v) is 3.10. The summed E-state index contributed by atoms with van der Waals surface area (Å²) < 4.78 is 0. The molecule has 0 amide bonds. The number of hydrogen-bond donors (Lipinski definition) is 0. The van der Waals surface area contributed by atoms with Crippen molar-refractivity contribution in [3.63, 3.8) is 0 Å². The molecule has 0 bridgehead atoms. The number of carbonyl (C=O) groups excluding carboxylic acids is 1. The molecule has 1 aliphatic rings. The zero-order valence-corrected chi connectivity index (χ0v) is 8.31. The Morgan fingerprint density at radius 1 is 1.42 bits per heavy atom. The average Bonchev–Trinajstić information content (AvgIpc) is 1.80. The van der Waals surface area contributed by atoms with E-state index in [1.54, 1.807) is 0 Å². The van der Waals surface area contributed by atoms with Gasteiger partial charge in [0.2, 0.25) is 0 Å². The highest BCUT2D eigenvalue weighted by Crippen LogP contribution is 2.43. The van der Waals surface area contributed by atoms with E-state index in [-0.39, 0.29) is 11.2 Å². The molecule has 1 aliphatic carbocycles. The second kappa shape index (κ2) is 3.04. The van der Waals surface area contributed by atoms with E-state index in [4.69, 9.17) is 0 Å². The van der Waals surface area contributed by atoms with Crippen molar-refractivity contribution in [1.29, 1.82) is 0 Å². The molecule has 1 rings (SSSR count). The molecule has 12 heavy (non-hydrogen) atoms. The number of rotatable bonds is 3. The van der Waals surface area contributed by atoms with Crippen molar-refractivity contribution in [2.75, 3.05) is 0 Å². The first kappa shape index (κ1) is 9.50. The molecule has 1 saturated carbocycles. The van der Waals surface area contributed by atoms with Crippen LogP contribution < -0.4 is 0 Å². The number of carbonyl (C=O) groups is 1. The highest BCUT2D eigenvalue weighted by atomic mass is 16.1. The van der Waals surface area contributed by atoms with Gasteiger partial charge in [-0.3, -0.25) is 4.79 Å². The van der Waals surface area contributed by atoms with Gasteiger partial charge in [-0.15, -0.1) is 0 Å². The Morgan fingerprint density at radius 3 is 2.17 bits per heavy atom. The second-order valence-corrected chi connectivity index (χ2v) is 4.46. The predicted molar refractivity (Wildman–Crippen MR) is 50.9 cm³/mol. The van der Waals surface area contributed by atoms with Crippen molar-refractivity contribution in [1.82, 2.24) is 0 Å². The summed E-state index contributed by atoms with van der Waals surface area (Å²) in [5, 5.41) is 0. The molecule has 0 aromatic carbocycles. The molecule has 0 aromatic rings. The molecule has 0 atom stereocenters. The lowest BCUT2D eigenvalue weighted by Gasteiger charge is -2.39. The van der Waals surface area contributed by atoms with Gasteiger partial charge in [-0.2, -0.15) is 0 Å². The minimum absolute atomic E-state index is 0.163. The quantitative estimate of drug-likeness (QED) is 0.589. The normalized spacial score (nSPS) is 18.6. The summed E-state index contributed by atoms with van der Waals surface area (Å²) in [5.41, 5.74) is 0.538. The molecule has 0 unspecified atom stereocenters. The molecule has 0 spiro atoms. The zero-order chi connectivity index (χ0) is 9.35. The molecule has 0 heterocycles. The lowest BCUT2D eigenvalue weighted by molar-refractivity contribution is -0.127. The van der Waals surface area contributed by atoms with Gasteiger partial charge in [0.05, 0.1) is 0 Å². The van der Waals surface area contributed by atoms with Crippen LogP contribution in [0.5, 0.6) is 0 Å². The van der Waals surface area contributed by atoms with Gasteiger partial charge >= 0.3 is 0 Å². The number of allylic oxidation sites excluding steroid dienone is 1. The third kappa shape index (κ3) is 1.45. The molecule has 1 fully saturated rings. The Hall–Kier alpha value is -0.590. The fourth-order valence-electron chi connectivity index (χ4n) is 1.87. The minimum Gasteiger partial charge on any atom is -0.294 e. The standard InChI is InChI=1S/C11H18O/c1-8(2)10(12)11(3,4)9-6-5-7-9/h9H,1,5-7H2,2-4H3. The van der Waals surface area contributed by atoms with E-state index >= 15 is 0 Å². The van der Waals surface area contributed by atoms with E-state index in [0.29, 0.717) is 11.5 Å². The fraction of sp³-hybridized carbons (Fsp3) is 0.727. The molecule has 0 N–H and O–H groups in total. The van der Waals surface area contributed by atoms with Crippen LogP contribution in [0.2, 0.25) is 0 Å². The van der Waals surface area contributed by atoms with Crippen molar-refractivity contribution in [3.05, 3.63) is 12.2 Å². The monoisotopic (exact) mass is 166 g/mol. The molecule has 0 radical (unpaired) electrons. The zero-order valence-electron chi connectivity index (χ0n) is 8.31. The first-order valence-electron chi connectivity index (χ1n) is 4.66. The van der Waals surface area contributed by atoms with Gasteiger partial charge in [0, 0.05) is 5.41 Å². The van der Waals surface area contributed by atoms with Crippen molar-refractivity contribution >= 4 is 5.78 Å². The molecule has 68 valence electrons. The van der Waals surface area contributed by atoms with E-state index in [2.05, 4.69) is 6.58 Å². The first-order chi connectivity index (χ1) is 5.46. The molecule has 0 aromatic heterocycles. The SMILES string of the molecule is C=C(C)C(=O)C(C)(C)C1CCC1. The third-order valence-electron chi connectivity index (χ3n) is 3.10. The van der Waals surface area contributed by atoms with Crippen LogP contribution in [0.1, 0.15) is 40.0 Å². The molecule has 0 aliphatic heterocycles. The minimum atomic E-state index is -0.163. The van der Waals surface area contributed by atoms with Gasteiger partial charge in [-0.1, -0.05) is 26.8 Å². The molecule has 1 heteroatoms. The summed E-state index contributed by atoms with van der Waals surface area (Å²) >= 11 is 0. The molecular weight excluding hydrogens is 148 g/mol. The predicted octanol–water partition coefficient (Wildman–Crippen LogP) is 2.96. The lowest BCUT2D eigenvalue weighted by atomic mass is 9.64. The van der Waals surface area contributed by atoms with Crippen LogP contribution >= 0.6 is 0 Å². The lowest BCUT2D eigenvalue weighted by Crippen LogP contribution is -2.37. The van der Waals surface area contributed by atoms with Crippen LogP contribution in [-0.2, 0) is 4.79 Å². The molecular formula is C11H18O. The van der Waals surface area contributed by atoms with E-state index < -0.39 is 0 Å². The first-order valence-corrected chi connectivity index (χ1v) is 4.66. The summed E-state index contributed by atoms with van der Waals surface area (Å²) in [6, 6.07) is 0. The van der Waals surface area contributed by atoms with Gasteiger partial charge in [0.15, 0.2) is 5.78 Å². The van der Waals surface area contributed by atoms with Crippen molar-refractivity contribution in [3.8, 4) is 0 Å². The topological polar surface area (TPSA) is 17.1 Å². The van der Waals surface area contributed by atoms with E-state index in [0.717, 1.165) is 0 Å². The van der Waals surface area contributed by atoms with Crippen LogP contribution in [0, 0.1) is 11.3 Å². The summed E-state index contributed by atoms with van der Waals surface area (Å²) in [7, 11) is 0. The fourth-order valence-corrected chi connectivity index (χ4v) is 1.87. The van der Waals surface area contributed by atoms with Gasteiger partial charge in [-0.05, 0) is 31.3 Å². The summed E-state index contributed by atoms with van der Waals surface area (Å²) in [4.78, 5) is 11.7. The highest BCUT2D eigenvalue weighted by Gasteiger charge is 2.39. The Balaban J connectivity index is 2.69. The van der Waals surface area contributed by atoms with Crippen molar-refractivity contribution in [2.24, 2.45) is 11.3 Å². The Labute approximate surface area is 74.9 Å². The van der Waals surface area contributed by atoms with Crippen LogP contribution in [-0.4, -0.2) is 5.78 Å². The van der Waals surface area contributed by atoms with Crippen LogP contribution in [0.3, 0.4) is 0 Å². The maximum atomic E-state index is 11.7. The Morgan fingerprint density at radius 2 is 1.92 bits per heavy atom. The maximum Gasteiger partial charge on any atom is 0.163 e. The summed E-state index contributed by atoms with van der Waals surface area (Å²) in [6.45, 7) is 9.62. The average molecular weight is 166 g/mol. The molecule has 1 nitrogen and oxygen atoms in total. The summed E-state index contributed by atoms with van der Waals surface area (Å²) in [5.74, 6) is 0.842. The Kier molecular flexibility index (Phi) is 2.41. The summed E-state index contributed by atoms with van der Waals surface area (Å²) in [6.07, 6.45) is 3.72. The second-order valence-electron chi connectivity index (χ2n) is 4.46. The highest BCUT2D eigenvalue weighted by molar-refractivity contribution is 5.98. The van der Waals surface area contributed by atoms with Crippen LogP contribution in [0.25, 0.3) is 0 Å². The number of Topliss-reactive ketones (excluding diaryl/α,β-unsaturated/α-hetero) is 1. The van der Waals surface area contributed by atoms with E-state index in [1.807, 2.05) is 20.8 Å². The Bertz CT molecular complexity index is 209. The van der Waals surface area contributed by atoms with Crippen molar-refractivity contribution < 1.29 is 4.79 Å². The maximum absolute atomic E-state index is 11.7. The van der Waals surface area contributed by atoms with Gasteiger partial charge in [0.25, 0.3) is 0 Å².